The molecule has 0 spiro atoms. The van der Waals surface area contributed by atoms with Crippen LogP contribution in [0.25, 0.3) is 0 Å². The van der Waals surface area contributed by atoms with Gasteiger partial charge in [-0.2, -0.15) is 0 Å². The molecule has 8 nitrogen and oxygen atoms in total. The third-order valence-corrected chi connectivity index (χ3v) is 7.39. The van der Waals surface area contributed by atoms with Crippen LogP contribution >= 0.6 is 11.6 Å². The van der Waals surface area contributed by atoms with E-state index in [2.05, 4.69) is 9.97 Å². The van der Waals surface area contributed by atoms with Gasteiger partial charge in [0.1, 0.15) is 30.7 Å². The first-order valence-electron chi connectivity index (χ1n) is 13.5. The summed E-state index contributed by atoms with van der Waals surface area (Å²) < 4.78 is 17.7. The predicted molar refractivity (Wildman–Crippen MR) is 160 cm³/mol. The van der Waals surface area contributed by atoms with E-state index in [0.717, 1.165) is 16.9 Å². The monoisotopic (exact) mass is 591 g/mol. The van der Waals surface area contributed by atoms with Crippen LogP contribution in [0.15, 0.2) is 109 Å². The van der Waals surface area contributed by atoms with Crippen molar-refractivity contribution in [1.82, 2.24) is 14.9 Å². The van der Waals surface area contributed by atoms with E-state index in [1.165, 1.54) is 17.3 Å². The standard InChI is InChI=1S/C34H26ClN3O5/c1-41-25-14-11-23(12-15-25)21-42-28-16-13-24(19-29(28)43-20-22-7-3-2-4-8-22)31(30-32(35)37-18-17-36-30)38-33(39)26-9-5-6-10-27(26)34(38)40/h2-19,31H,20-21H2,1H3. The first-order chi connectivity index (χ1) is 21.0. The Morgan fingerprint density at radius 3 is 1.98 bits per heavy atom. The van der Waals surface area contributed by atoms with Gasteiger partial charge >= 0.3 is 0 Å². The first kappa shape index (κ1) is 27.9. The topological polar surface area (TPSA) is 90.9 Å². The molecule has 1 aromatic heterocycles. The molecule has 6 rings (SSSR count). The number of methoxy groups -OCH3 is 1. The Bertz CT molecular complexity index is 1740. The molecule has 1 aliphatic heterocycles. The second-order valence-corrected chi connectivity index (χ2v) is 10.1. The molecule has 1 unspecified atom stereocenters. The number of aromatic nitrogens is 2. The van der Waals surface area contributed by atoms with E-state index in [9.17, 15) is 9.59 Å². The summed E-state index contributed by atoms with van der Waals surface area (Å²) in [6, 6.07) is 28.3. The minimum Gasteiger partial charge on any atom is -0.497 e. The van der Waals surface area contributed by atoms with Crippen molar-refractivity contribution in [2.24, 2.45) is 0 Å². The number of amides is 2. The van der Waals surface area contributed by atoms with E-state index < -0.39 is 17.9 Å². The van der Waals surface area contributed by atoms with Crippen molar-refractivity contribution in [2.45, 2.75) is 19.3 Å². The molecule has 214 valence electrons. The first-order valence-corrected chi connectivity index (χ1v) is 13.9. The van der Waals surface area contributed by atoms with E-state index in [-0.39, 0.29) is 24.1 Å². The smallest absolute Gasteiger partial charge is 0.262 e. The molecule has 0 N–H and O–H groups in total. The lowest BCUT2D eigenvalue weighted by Crippen LogP contribution is -2.35. The number of nitrogens with zero attached hydrogens (tertiary/aromatic N) is 3. The molecule has 9 heteroatoms. The summed E-state index contributed by atoms with van der Waals surface area (Å²) in [4.78, 5) is 37.0. The summed E-state index contributed by atoms with van der Waals surface area (Å²) in [6.07, 6.45) is 2.93. The quantitative estimate of drug-likeness (QED) is 0.167. The Morgan fingerprint density at radius 1 is 0.721 bits per heavy atom. The maximum atomic E-state index is 13.6. The summed E-state index contributed by atoms with van der Waals surface area (Å²) in [7, 11) is 1.62. The number of carbonyl (C=O) groups excluding carboxylic acids is 2. The number of benzene rings is 4. The van der Waals surface area contributed by atoms with Gasteiger partial charge in [-0.25, -0.2) is 4.98 Å². The van der Waals surface area contributed by atoms with Gasteiger partial charge in [-0.1, -0.05) is 72.3 Å². The zero-order chi connectivity index (χ0) is 29.8. The van der Waals surface area contributed by atoms with Crippen LogP contribution in [0, 0.1) is 0 Å². The normalized spacial score (nSPS) is 13.0. The number of ether oxygens (including phenoxy) is 3. The van der Waals surface area contributed by atoms with Crippen molar-refractivity contribution < 1.29 is 23.8 Å². The van der Waals surface area contributed by atoms with Gasteiger partial charge in [0.2, 0.25) is 0 Å². The third kappa shape index (κ3) is 5.78. The van der Waals surface area contributed by atoms with Crippen LogP contribution in [0.5, 0.6) is 17.2 Å². The van der Waals surface area contributed by atoms with Crippen LogP contribution in [0.2, 0.25) is 5.15 Å². The molecule has 43 heavy (non-hydrogen) atoms. The van der Waals surface area contributed by atoms with E-state index in [4.69, 9.17) is 25.8 Å². The second-order valence-electron chi connectivity index (χ2n) is 9.78. The van der Waals surface area contributed by atoms with Crippen molar-refractivity contribution in [1.29, 1.82) is 0 Å². The zero-order valence-electron chi connectivity index (χ0n) is 23.1. The van der Waals surface area contributed by atoms with Crippen molar-refractivity contribution in [3.05, 3.63) is 148 Å². The number of halogens is 1. The lowest BCUT2D eigenvalue weighted by Gasteiger charge is -2.27. The molecule has 1 aliphatic rings. The molecule has 0 bridgehead atoms. The van der Waals surface area contributed by atoms with Crippen LogP contribution in [-0.2, 0) is 13.2 Å². The Kier molecular flexibility index (Phi) is 8.02. The molecule has 0 aliphatic carbocycles. The van der Waals surface area contributed by atoms with Crippen molar-refractivity contribution >= 4 is 23.4 Å². The van der Waals surface area contributed by atoms with E-state index >= 15 is 0 Å². The summed E-state index contributed by atoms with van der Waals surface area (Å²) in [5.41, 5.74) is 3.35. The summed E-state index contributed by atoms with van der Waals surface area (Å²) >= 11 is 6.52. The van der Waals surface area contributed by atoms with E-state index in [0.29, 0.717) is 28.2 Å². The number of fused-ring (bicyclic) bond motifs is 1. The average molecular weight is 592 g/mol. The maximum Gasteiger partial charge on any atom is 0.262 e. The number of hydrogen-bond acceptors (Lipinski definition) is 7. The second kappa shape index (κ2) is 12.3. The molecule has 0 saturated carbocycles. The highest BCUT2D eigenvalue weighted by Crippen LogP contribution is 2.40. The largest absolute Gasteiger partial charge is 0.497 e. The molecule has 0 fully saturated rings. The Morgan fingerprint density at radius 2 is 1.33 bits per heavy atom. The maximum absolute atomic E-state index is 13.6. The zero-order valence-corrected chi connectivity index (χ0v) is 23.9. The number of carbonyl (C=O) groups is 2. The van der Waals surface area contributed by atoms with Crippen LogP contribution in [0.4, 0.5) is 0 Å². The predicted octanol–water partition coefficient (Wildman–Crippen LogP) is 6.68. The number of rotatable bonds is 10. The van der Waals surface area contributed by atoms with Gasteiger partial charge in [0.05, 0.1) is 18.2 Å². The molecule has 5 aromatic rings. The Hall–Kier alpha value is -5.21. The van der Waals surface area contributed by atoms with Gasteiger partial charge in [-0.05, 0) is 53.1 Å². The molecular formula is C34H26ClN3O5. The average Bonchev–Trinajstić information content (AvgIpc) is 3.30. The molecular weight excluding hydrogens is 566 g/mol. The molecule has 4 aromatic carbocycles. The van der Waals surface area contributed by atoms with Crippen molar-refractivity contribution in [3.8, 4) is 17.2 Å². The summed E-state index contributed by atoms with van der Waals surface area (Å²) in [5, 5.41) is 0.0793. The molecule has 2 heterocycles. The van der Waals surface area contributed by atoms with Gasteiger partial charge in [0.25, 0.3) is 11.8 Å². The minimum absolute atomic E-state index is 0.0793. The van der Waals surface area contributed by atoms with Crippen LogP contribution in [0.1, 0.15) is 49.1 Å². The SMILES string of the molecule is COc1ccc(COc2ccc(C(c3nccnc3Cl)N3C(=O)c4ccccc4C3=O)cc2OCc2ccccc2)cc1. The van der Waals surface area contributed by atoms with Gasteiger partial charge < -0.3 is 14.2 Å². The molecule has 0 saturated heterocycles. The third-order valence-electron chi connectivity index (χ3n) is 7.10. The number of hydrogen-bond donors (Lipinski definition) is 0. The summed E-state index contributed by atoms with van der Waals surface area (Å²) in [6.45, 7) is 0.551. The van der Waals surface area contributed by atoms with Crippen LogP contribution in [-0.4, -0.2) is 33.8 Å². The highest BCUT2D eigenvalue weighted by molar-refractivity contribution is 6.30. The summed E-state index contributed by atoms with van der Waals surface area (Å²) in [5.74, 6) is 0.776. The van der Waals surface area contributed by atoms with Crippen LogP contribution in [0.3, 0.4) is 0 Å². The Balaban J connectivity index is 1.39. The fourth-order valence-corrected chi connectivity index (χ4v) is 5.14. The lowest BCUT2D eigenvalue weighted by molar-refractivity contribution is 0.0605. The molecule has 2 amide bonds. The van der Waals surface area contributed by atoms with E-state index in [1.54, 1.807) is 49.6 Å². The van der Waals surface area contributed by atoms with E-state index in [1.807, 2.05) is 54.6 Å². The van der Waals surface area contributed by atoms with Crippen molar-refractivity contribution in [3.63, 3.8) is 0 Å². The molecule has 0 radical (unpaired) electrons. The lowest BCUT2D eigenvalue weighted by atomic mass is 10.0. The van der Waals surface area contributed by atoms with Gasteiger partial charge in [-0.3, -0.25) is 19.5 Å². The number of imide groups is 1. The fourth-order valence-electron chi connectivity index (χ4n) is 4.93. The minimum atomic E-state index is -0.969. The highest BCUT2D eigenvalue weighted by atomic mass is 35.5. The molecule has 1 atom stereocenters. The Labute approximate surface area is 253 Å². The van der Waals surface area contributed by atoms with Gasteiger partial charge in [-0.15, -0.1) is 0 Å². The van der Waals surface area contributed by atoms with Crippen molar-refractivity contribution in [2.75, 3.05) is 7.11 Å². The van der Waals surface area contributed by atoms with Crippen LogP contribution < -0.4 is 14.2 Å². The van der Waals surface area contributed by atoms with Gasteiger partial charge in [0, 0.05) is 12.4 Å². The van der Waals surface area contributed by atoms with Gasteiger partial charge in [0.15, 0.2) is 16.7 Å². The fraction of sp³-hybridized carbons (Fsp3) is 0.118. The highest BCUT2D eigenvalue weighted by Gasteiger charge is 2.42.